The van der Waals surface area contributed by atoms with Crippen LogP contribution in [-0.4, -0.2) is 20.6 Å². The first-order chi connectivity index (χ1) is 10.4. The summed E-state index contributed by atoms with van der Waals surface area (Å²) < 4.78 is 25.5. The van der Waals surface area contributed by atoms with Crippen molar-refractivity contribution in [2.24, 2.45) is 0 Å². The molecule has 0 bridgehead atoms. The van der Waals surface area contributed by atoms with Crippen molar-refractivity contribution in [3.63, 3.8) is 0 Å². The molecule has 0 atom stereocenters. The van der Waals surface area contributed by atoms with E-state index in [2.05, 4.69) is 15.4 Å². The molecule has 0 spiro atoms. The van der Waals surface area contributed by atoms with E-state index < -0.39 is 10.0 Å². The fourth-order valence-corrected chi connectivity index (χ4v) is 2.82. The van der Waals surface area contributed by atoms with E-state index in [1.165, 1.54) is 19.2 Å². The Morgan fingerprint density at radius 2 is 1.64 bits per heavy atom. The summed E-state index contributed by atoms with van der Waals surface area (Å²) in [5, 5.41) is 6.53. The fraction of sp³-hybridized carbons (Fsp3) is 0.133. The topological polar surface area (TPSA) is 70.2 Å². The van der Waals surface area contributed by atoms with E-state index in [1.54, 1.807) is 12.1 Å². The molecular formula is C15H17N3O2S2. The minimum Gasteiger partial charge on any atom is -0.332 e. The molecule has 5 nitrogen and oxygen atoms in total. The third-order valence-electron chi connectivity index (χ3n) is 2.97. The van der Waals surface area contributed by atoms with Gasteiger partial charge in [-0.2, -0.15) is 0 Å². The number of rotatable bonds is 4. The molecular weight excluding hydrogens is 318 g/mol. The lowest BCUT2D eigenvalue weighted by Crippen LogP contribution is -2.20. The average Bonchev–Trinajstić information content (AvgIpc) is 2.47. The predicted molar refractivity (Wildman–Crippen MR) is 93.7 cm³/mol. The molecule has 0 radical (unpaired) electrons. The normalized spacial score (nSPS) is 11.0. The van der Waals surface area contributed by atoms with Crippen LogP contribution in [0.5, 0.6) is 0 Å². The van der Waals surface area contributed by atoms with Crippen LogP contribution in [0.4, 0.5) is 11.4 Å². The molecule has 2 aromatic carbocycles. The van der Waals surface area contributed by atoms with Crippen LogP contribution in [0.1, 0.15) is 5.56 Å². The highest BCUT2D eigenvalue weighted by molar-refractivity contribution is 7.89. The van der Waals surface area contributed by atoms with Gasteiger partial charge in [-0.1, -0.05) is 12.1 Å². The van der Waals surface area contributed by atoms with Crippen molar-refractivity contribution < 1.29 is 8.42 Å². The van der Waals surface area contributed by atoms with Crippen LogP contribution in [0.2, 0.25) is 0 Å². The number of nitrogens with one attached hydrogen (secondary N) is 3. The van der Waals surface area contributed by atoms with Crippen LogP contribution >= 0.6 is 12.2 Å². The monoisotopic (exact) mass is 335 g/mol. The number of hydrogen-bond acceptors (Lipinski definition) is 3. The number of hydrogen-bond donors (Lipinski definition) is 3. The largest absolute Gasteiger partial charge is 0.332 e. The lowest BCUT2D eigenvalue weighted by Gasteiger charge is -2.11. The highest BCUT2D eigenvalue weighted by atomic mass is 32.2. The van der Waals surface area contributed by atoms with E-state index in [4.69, 9.17) is 12.2 Å². The first kappa shape index (κ1) is 16.4. The molecule has 0 saturated heterocycles. The molecule has 7 heteroatoms. The third-order valence-corrected chi connectivity index (χ3v) is 4.60. The van der Waals surface area contributed by atoms with Gasteiger partial charge in [0.25, 0.3) is 0 Å². The maximum atomic E-state index is 11.6. The molecule has 0 saturated carbocycles. The van der Waals surface area contributed by atoms with E-state index in [-0.39, 0.29) is 4.90 Å². The first-order valence-electron chi connectivity index (χ1n) is 6.59. The van der Waals surface area contributed by atoms with Gasteiger partial charge in [0.1, 0.15) is 0 Å². The maximum Gasteiger partial charge on any atom is 0.240 e. The molecule has 0 fully saturated rings. The van der Waals surface area contributed by atoms with Gasteiger partial charge in [-0.25, -0.2) is 13.1 Å². The lowest BCUT2D eigenvalue weighted by molar-refractivity contribution is 0.588. The van der Waals surface area contributed by atoms with Crippen LogP contribution in [0.25, 0.3) is 0 Å². The summed E-state index contributed by atoms with van der Waals surface area (Å²) in [6, 6.07) is 14.2. The van der Waals surface area contributed by atoms with Crippen molar-refractivity contribution in [2.45, 2.75) is 11.8 Å². The zero-order valence-corrected chi connectivity index (χ0v) is 13.9. The summed E-state index contributed by atoms with van der Waals surface area (Å²) in [4.78, 5) is 0.207. The molecule has 0 unspecified atom stereocenters. The Bertz CT molecular complexity index is 772. The van der Waals surface area contributed by atoms with E-state index >= 15 is 0 Å². The maximum absolute atomic E-state index is 11.6. The Hall–Kier alpha value is -1.96. The molecule has 22 heavy (non-hydrogen) atoms. The fourth-order valence-electron chi connectivity index (χ4n) is 1.85. The zero-order valence-electron chi connectivity index (χ0n) is 12.3. The molecule has 0 aliphatic rings. The summed E-state index contributed by atoms with van der Waals surface area (Å²) in [7, 11) is -2.05. The van der Waals surface area contributed by atoms with Gasteiger partial charge in [-0.05, 0) is 68.2 Å². The van der Waals surface area contributed by atoms with Crippen molar-refractivity contribution in [3.8, 4) is 0 Å². The van der Waals surface area contributed by atoms with Gasteiger partial charge in [0.2, 0.25) is 10.0 Å². The van der Waals surface area contributed by atoms with Crippen LogP contribution < -0.4 is 15.4 Å². The molecule has 0 aromatic heterocycles. The van der Waals surface area contributed by atoms with E-state index in [0.29, 0.717) is 10.8 Å². The molecule has 2 aromatic rings. The van der Waals surface area contributed by atoms with Gasteiger partial charge in [0.15, 0.2) is 5.11 Å². The van der Waals surface area contributed by atoms with Crippen LogP contribution in [-0.2, 0) is 10.0 Å². The molecule has 0 aliphatic heterocycles. The summed E-state index contributed by atoms with van der Waals surface area (Å²) in [6.45, 7) is 2.00. The second-order valence-electron chi connectivity index (χ2n) is 4.68. The minimum atomic E-state index is -3.42. The van der Waals surface area contributed by atoms with Crippen molar-refractivity contribution in [1.29, 1.82) is 0 Å². The van der Waals surface area contributed by atoms with Crippen molar-refractivity contribution in [3.05, 3.63) is 54.1 Å². The molecule has 0 amide bonds. The smallest absolute Gasteiger partial charge is 0.240 e. The van der Waals surface area contributed by atoms with E-state index in [9.17, 15) is 8.42 Å². The Balaban J connectivity index is 2.03. The third kappa shape index (κ3) is 4.27. The summed E-state index contributed by atoms with van der Waals surface area (Å²) >= 11 is 5.24. The Labute approximate surface area is 135 Å². The Morgan fingerprint density at radius 3 is 2.23 bits per heavy atom. The van der Waals surface area contributed by atoms with Crippen molar-refractivity contribution in [1.82, 2.24) is 4.72 Å². The van der Waals surface area contributed by atoms with Crippen molar-refractivity contribution >= 4 is 38.7 Å². The first-order valence-corrected chi connectivity index (χ1v) is 8.48. The van der Waals surface area contributed by atoms with Crippen LogP contribution in [0, 0.1) is 6.92 Å². The Kier molecular flexibility index (Phi) is 5.12. The van der Waals surface area contributed by atoms with Gasteiger partial charge < -0.3 is 10.6 Å². The van der Waals surface area contributed by atoms with Gasteiger partial charge in [-0.15, -0.1) is 0 Å². The van der Waals surface area contributed by atoms with Gasteiger partial charge in [-0.3, -0.25) is 0 Å². The molecule has 0 heterocycles. The number of benzene rings is 2. The molecule has 0 aliphatic carbocycles. The second kappa shape index (κ2) is 6.87. The average molecular weight is 335 g/mol. The number of anilines is 2. The van der Waals surface area contributed by atoms with Gasteiger partial charge in [0.05, 0.1) is 4.90 Å². The van der Waals surface area contributed by atoms with Crippen LogP contribution in [0.3, 0.4) is 0 Å². The number of aryl methyl sites for hydroxylation is 1. The predicted octanol–water partition coefficient (Wildman–Crippen LogP) is 2.71. The number of sulfonamides is 1. The summed E-state index contributed by atoms with van der Waals surface area (Å²) in [6.07, 6.45) is 0. The number of thiocarbonyl (C=S) groups is 1. The summed E-state index contributed by atoms with van der Waals surface area (Å²) in [5.74, 6) is 0. The second-order valence-corrected chi connectivity index (χ2v) is 6.98. The SMILES string of the molecule is CNS(=O)(=O)c1ccc(NC(=S)Nc2cccc(C)c2)cc1. The highest BCUT2D eigenvalue weighted by Crippen LogP contribution is 2.15. The quantitative estimate of drug-likeness (QED) is 0.750. The van der Waals surface area contributed by atoms with Crippen LogP contribution in [0.15, 0.2) is 53.4 Å². The molecule has 3 N–H and O–H groups in total. The standard InChI is InChI=1S/C15H17N3O2S2/c1-11-4-3-5-13(10-11)18-15(21)17-12-6-8-14(9-7-12)22(19,20)16-2/h3-10,16H,1-2H3,(H2,17,18,21). The van der Waals surface area contributed by atoms with Gasteiger partial charge in [0, 0.05) is 11.4 Å². The molecule has 2 rings (SSSR count). The zero-order chi connectivity index (χ0) is 16.2. The Morgan fingerprint density at radius 1 is 1.00 bits per heavy atom. The minimum absolute atomic E-state index is 0.207. The van der Waals surface area contributed by atoms with Crippen molar-refractivity contribution in [2.75, 3.05) is 17.7 Å². The highest BCUT2D eigenvalue weighted by Gasteiger charge is 2.10. The van der Waals surface area contributed by atoms with E-state index in [0.717, 1.165) is 11.3 Å². The summed E-state index contributed by atoms with van der Waals surface area (Å²) in [5.41, 5.74) is 2.74. The molecule has 116 valence electrons. The lowest BCUT2D eigenvalue weighted by atomic mass is 10.2. The van der Waals surface area contributed by atoms with E-state index in [1.807, 2.05) is 31.2 Å². The van der Waals surface area contributed by atoms with Gasteiger partial charge >= 0.3 is 0 Å².